The molecule has 4 nitrogen and oxygen atoms in total. The van der Waals surface area contributed by atoms with E-state index in [2.05, 4.69) is 26.0 Å². The summed E-state index contributed by atoms with van der Waals surface area (Å²) in [5.41, 5.74) is 4.30. The molecule has 0 bridgehead atoms. The zero-order valence-corrected chi connectivity index (χ0v) is 17.1. The maximum atomic E-state index is 8.90. The van der Waals surface area contributed by atoms with Crippen molar-refractivity contribution in [2.75, 3.05) is 0 Å². The van der Waals surface area contributed by atoms with Gasteiger partial charge in [-0.3, -0.25) is 0 Å². The van der Waals surface area contributed by atoms with Crippen LogP contribution < -0.4 is 19.9 Å². The van der Waals surface area contributed by atoms with E-state index >= 15 is 0 Å². The van der Waals surface area contributed by atoms with Gasteiger partial charge in [0.1, 0.15) is 11.5 Å². The Kier molecular flexibility index (Phi) is 6.87. The van der Waals surface area contributed by atoms with E-state index in [1.165, 1.54) is 11.1 Å². The molecule has 0 aromatic heterocycles. The molecule has 0 saturated carbocycles. The maximum absolute atomic E-state index is 8.90. The number of rotatable bonds is 6. The summed E-state index contributed by atoms with van der Waals surface area (Å²) in [5.74, 6) is 1.17. The summed E-state index contributed by atoms with van der Waals surface area (Å²) in [7, 11) is 0. The quantitative estimate of drug-likeness (QED) is 0.587. The smallest absolute Gasteiger partial charge is 0.292 e. The third kappa shape index (κ3) is 4.87. The molecule has 3 aromatic carbocycles. The predicted molar refractivity (Wildman–Crippen MR) is 117 cm³/mol. The number of nitrogens with zero attached hydrogens (tertiary/aromatic N) is 2. The topological polar surface area (TPSA) is 66.0 Å². The number of hydrogen-bond donors (Lipinski definition) is 0. The molecule has 0 saturated heterocycles. The van der Waals surface area contributed by atoms with Gasteiger partial charge in [-0.25, -0.2) is 0 Å². The van der Waals surface area contributed by atoms with Crippen LogP contribution in [-0.2, 0) is 12.8 Å². The van der Waals surface area contributed by atoms with E-state index in [4.69, 9.17) is 20.0 Å². The Balaban J connectivity index is 2.06. The summed E-state index contributed by atoms with van der Waals surface area (Å²) in [6.07, 6.45) is 4.88. The first-order valence-electron chi connectivity index (χ1n) is 9.66. The van der Waals surface area contributed by atoms with Gasteiger partial charge >= 0.3 is 0 Å². The second-order valence-corrected chi connectivity index (χ2v) is 7.06. The van der Waals surface area contributed by atoms with E-state index < -0.39 is 0 Å². The van der Waals surface area contributed by atoms with Crippen LogP contribution in [0.4, 0.5) is 0 Å². The molecule has 0 N–H and O–H groups in total. The lowest BCUT2D eigenvalue weighted by molar-refractivity contribution is 0.501. The van der Waals surface area contributed by atoms with Crippen molar-refractivity contribution < 1.29 is 9.47 Å². The monoisotopic (exact) mass is 394 g/mol. The van der Waals surface area contributed by atoms with Gasteiger partial charge in [0.15, 0.2) is 0 Å². The molecule has 0 spiro atoms. The summed E-state index contributed by atoms with van der Waals surface area (Å²) in [6, 6.07) is 23.5. The number of nitriles is 2. The zero-order valence-electron chi connectivity index (χ0n) is 17.1. The summed E-state index contributed by atoms with van der Waals surface area (Å²) < 4.78 is 10.2. The molecule has 0 aliphatic carbocycles. The Labute approximate surface area is 176 Å². The molecular formula is C26H22N2O2. The van der Waals surface area contributed by atoms with Crippen LogP contribution in [0.2, 0.25) is 0 Å². The normalized spacial score (nSPS) is 12.3. The van der Waals surface area contributed by atoms with Crippen LogP contribution in [0.15, 0.2) is 72.8 Å². The van der Waals surface area contributed by atoms with Crippen LogP contribution in [-0.4, -0.2) is 0 Å². The van der Waals surface area contributed by atoms with E-state index in [9.17, 15) is 0 Å². The molecule has 148 valence electrons. The molecule has 0 aliphatic heterocycles. The molecule has 3 aromatic rings. The highest BCUT2D eigenvalue weighted by Gasteiger charge is 2.07. The van der Waals surface area contributed by atoms with Crippen molar-refractivity contribution in [3.63, 3.8) is 0 Å². The fourth-order valence-corrected chi connectivity index (χ4v) is 3.59. The van der Waals surface area contributed by atoms with Crippen LogP contribution in [0.1, 0.15) is 25.0 Å². The molecular weight excluding hydrogens is 372 g/mol. The van der Waals surface area contributed by atoms with Gasteiger partial charge in [0, 0.05) is 11.1 Å². The molecule has 0 aliphatic rings. The van der Waals surface area contributed by atoms with Crippen LogP contribution in [0, 0.1) is 23.0 Å². The van der Waals surface area contributed by atoms with E-state index in [1.807, 2.05) is 48.5 Å². The fraction of sp³-hybridized carbons (Fsp3) is 0.154. The third-order valence-corrected chi connectivity index (χ3v) is 5.01. The minimum Gasteiger partial charge on any atom is -0.388 e. The maximum Gasteiger partial charge on any atom is 0.292 e. The lowest BCUT2D eigenvalue weighted by Crippen LogP contribution is -2.29. The Morgan fingerprint density at radius 3 is 1.40 bits per heavy atom. The van der Waals surface area contributed by atoms with Gasteiger partial charge in [-0.2, -0.15) is 0 Å². The Morgan fingerprint density at radius 1 is 0.633 bits per heavy atom. The minimum absolute atomic E-state index is 0.583. The first-order chi connectivity index (χ1) is 14.6. The van der Waals surface area contributed by atoms with Gasteiger partial charge < -0.3 is 9.47 Å². The van der Waals surface area contributed by atoms with E-state index in [0.29, 0.717) is 24.3 Å². The average molecular weight is 394 g/mol. The van der Waals surface area contributed by atoms with Crippen molar-refractivity contribution in [2.24, 2.45) is 0 Å². The van der Waals surface area contributed by atoms with Crippen molar-refractivity contribution in [2.45, 2.75) is 26.7 Å². The SMILES string of the molecule is CC(Cc1ccccc1OC#N)=c1ccccc1=C(C)Cc1ccccc1OC#N. The molecule has 0 radical (unpaired) electrons. The lowest BCUT2D eigenvalue weighted by Gasteiger charge is -2.09. The van der Waals surface area contributed by atoms with Crippen LogP contribution >= 0.6 is 0 Å². The molecule has 0 fully saturated rings. The van der Waals surface area contributed by atoms with Crippen molar-refractivity contribution in [1.29, 1.82) is 10.5 Å². The largest absolute Gasteiger partial charge is 0.388 e. The Morgan fingerprint density at radius 2 is 1.00 bits per heavy atom. The summed E-state index contributed by atoms with van der Waals surface area (Å²) >= 11 is 0. The van der Waals surface area contributed by atoms with Gasteiger partial charge in [-0.1, -0.05) is 71.8 Å². The second-order valence-electron chi connectivity index (χ2n) is 7.06. The fourth-order valence-electron chi connectivity index (χ4n) is 3.59. The number of ether oxygens (including phenoxy) is 2. The zero-order chi connectivity index (χ0) is 21.3. The highest BCUT2D eigenvalue weighted by Crippen LogP contribution is 2.22. The lowest BCUT2D eigenvalue weighted by atomic mass is 9.98. The average Bonchev–Trinajstić information content (AvgIpc) is 2.77. The van der Waals surface area contributed by atoms with Gasteiger partial charge in [-0.05, 0) is 49.3 Å². The molecule has 30 heavy (non-hydrogen) atoms. The third-order valence-electron chi connectivity index (χ3n) is 5.01. The van der Waals surface area contributed by atoms with Crippen molar-refractivity contribution in [3.05, 3.63) is 94.4 Å². The van der Waals surface area contributed by atoms with Gasteiger partial charge in [-0.15, -0.1) is 10.5 Å². The second kappa shape index (κ2) is 9.96. The number of para-hydroxylation sites is 2. The summed E-state index contributed by atoms with van der Waals surface area (Å²) in [6.45, 7) is 4.20. The molecule has 3 rings (SSSR count). The molecule has 4 heteroatoms. The minimum atomic E-state index is 0.583. The molecule has 0 amide bonds. The van der Waals surface area contributed by atoms with E-state index in [0.717, 1.165) is 21.6 Å². The first kappa shape index (κ1) is 20.7. The highest BCUT2D eigenvalue weighted by atomic mass is 16.5. The van der Waals surface area contributed by atoms with Gasteiger partial charge in [0.25, 0.3) is 12.5 Å². The summed E-state index contributed by atoms with van der Waals surface area (Å²) in [4.78, 5) is 0. The molecule has 0 heterocycles. The first-order valence-corrected chi connectivity index (χ1v) is 9.66. The van der Waals surface area contributed by atoms with Crippen molar-refractivity contribution in [1.82, 2.24) is 0 Å². The van der Waals surface area contributed by atoms with Crippen LogP contribution in [0.25, 0.3) is 11.1 Å². The van der Waals surface area contributed by atoms with Crippen LogP contribution in [0.3, 0.4) is 0 Å². The van der Waals surface area contributed by atoms with Gasteiger partial charge in [0.2, 0.25) is 0 Å². The number of benzene rings is 3. The Hall–Kier alpha value is -4.02. The Bertz CT molecular complexity index is 1150. The van der Waals surface area contributed by atoms with Crippen molar-refractivity contribution >= 4 is 11.1 Å². The van der Waals surface area contributed by atoms with E-state index in [1.54, 1.807) is 24.6 Å². The summed E-state index contributed by atoms with van der Waals surface area (Å²) in [5, 5.41) is 20.1. The van der Waals surface area contributed by atoms with Crippen LogP contribution in [0.5, 0.6) is 11.5 Å². The highest BCUT2D eigenvalue weighted by molar-refractivity contribution is 5.56. The predicted octanol–water partition coefficient (Wildman–Crippen LogP) is 4.23. The standard InChI is InChI=1S/C26H22N2O2/c1-19(15-21-9-3-7-13-25(21)29-17-27)23-11-5-6-12-24(23)20(2)16-22-10-4-8-14-26(22)30-18-28/h3-14H,15-16H2,1-2H3. The molecule has 0 atom stereocenters. The van der Waals surface area contributed by atoms with Gasteiger partial charge in [0.05, 0.1) is 0 Å². The van der Waals surface area contributed by atoms with Crippen molar-refractivity contribution in [3.8, 4) is 24.0 Å². The van der Waals surface area contributed by atoms with E-state index in [-0.39, 0.29) is 0 Å². The molecule has 0 unspecified atom stereocenters. The number of hydrogen-bond acceptors (Lipinski definition) is 4.